The Labute approximate surface area is 146 Å². The highest BCUT2D eigenvalue weighted by atomic mass is 16.5. The zero-order valence-electron chi connectivity index (χ0n) is 15.4. The maximum Gasteiger partial charge on any atom is 0.160 e. The van der Waals surface area contributed by atoms with E-state index in [2.05, 4.69) is 29.0 Å². The first-order chi connectivity index (χ1) is 11.7. The van der Waals surface area contributed by atoms with E-state index in [-0.39, 0.29) is 5.75 Å². The van der Waals surface area contributed by atoms with Crippen LogP contribution in [0.1, 0.15) is 38.3 Å². The molecule has 2 N–H and O–H groups in total. The highest BCUT2D eigenvalue weighted by Gasteiger charge is 2.25. The van der Waals surface area contributed by atoms with Gasteiger partial charge in [-0.15, -0.1) is 0 Å². The summed E-state index contributed by atoms with van der Waals surface area (Å²) in [7, 11) is 1.61. The highest BCUT2D eigenvalue weighted by Crippen LogP contribution is 2.31. The number of phenolic OH excluding ortho intramolecular Hbond substituents is 1. The molecular formula is C19H33N3O2. The van der Waals surface area contributed by atoms with E-state index in [9.17, 15) is 5.11 Å². The first-order valence-electron chi connectivity index (χ1n) is 9.23. The van der Waals surface area contributed by atoms with Crippen LogP contribution >= 0.6 is 0 Å². The van der Waals surface area contributed by atoms with Crippen molar-refractivity contribution in [1.29, 1.82) is 0 Å². The Bertz CT molecular complexity index is 484. The molecule has 1 saturated heterocycles. The zero-order valence-corrected chi connectivity index (χ0v) is 15.4. The van der Waals surface area contributed by atoms with E-state index >= 15 is 0 Å². The minimum atomic E-state index is 0.208. The third kappa shape index (κ3) is 5.10. The first-order valence-corrected chi connectivity index (χ1v) is 9.23. The summed E-state index contributed by atoms with van der Waals surface area (Å²) in [6, 6.07) is 6.13. The van der Waals surface area contributed by atoms with Crippen LogP contribution < -0.4 is 10.1 Å². The van der Waals surface area contributed by atoms with Crippen LogP contribution in [0.5, 0.6) is 11.5 Å². The number of rotatable bonds is 9. The molecule has 5 heteroatoms. The molecule has 5 nitrogen and oxygen atoms in total. The smallest absolute Gasteiger partial charge is 0.160 e. The van der Waals surface area contributed by atoms with Gasteiger partial charge in [0.25, 0.3) is 0 Å². The van der Waals surface area contributed by atoms with Gasteiger partial charge in [-0.1, -0.05) is 19.9 Å². The van der Waals surface area contributed by atoms with Crippen LogP contribution in [0.3, 0.4) is 0 Å². The van der Waals surface area contributed by atoms with E-state index in [0.717, 1.165) is 45.8 Å². The fourth-order valence-corrected chi connectivity index (χ4v) is 3.50. The monoisotopic (exact) mass is 335 g/mol. The van der Waals surface area contributed by atoms with E-state index < -0.39 is 0 Å². The molecule has 0 saturated carbocycles. The van der Waals surface area contributed by atoms with Gasteiger partial charge in [-0.2, -0.15) is 0 Å². The number of aromatic hydroxyl groups is 1. The van der Waals surface area contributed by atoms with Crippen molar-refractivity contribution in [2.75, 3.05) is 52.9 Å². The number of hydrogen-bond acceptors (Lipinski definition) is 5. The van der Waals surface area contributed by atoms with Crippen molar-refractivity contribution in [2.24, 2.45) is 0 Å². The molecule has 0 aliphatic carbocycles. The van der Waals surface area contributed by atoms with Crippen molar-refractivity contribution in [3.05, 3.63) is 23.8 Å². The summed E-state index contributed by atoms with van der Waals surface area (Å²) >= 11 is 0. The van der Waals surface area contributed by atoms with Crippen LogP contribution in [0, 0.1) is 0 Å². The maximum absolute atomic E-state index is 9.92. The predicted octanol–water partition coefficient (Wildman–Crippen LogP) is 2.47. The Balaban J connectivity index is 2.24. The largest absolute Gasteiger partial charge is 0.504 e. The van der Waals surface area contributed by atoms with Crippen LogP contribution in [-0.2, 0) is 0 Å². The minimum Gasteiger partial charge on any atom is -0.504 e. The van der Waals surface area contributed by atoms with Crippen molar-refractivity contribution >= 4 is 0 Å². The number of nitrogens with zero attached hydrogens (tertiary/aromatic N) is 2. The Morgan fingerprint density at radius 3 is 2.46 bits per heavy atom. The van der Waals surface area contributed by atoms with E-state index in [0.29, 0.717) is 11.8 Å². The van der Waals surface area contributed by atoms with Crippen molar-refractivity contribution in [3.8, 4) is 11.5 Å². The quantitative estimate of drug-likeness (QED) is 0.726. The van der Waals surface area contributed by atoms with Crippen molar-refractivity contribution in [2.45, 2.75) is 32.7 Å². The summed E-state index contributed by atoms with van der Waals surface area (Å²) in [6.45, 7) is 11.9. The Hall–Kier alpha value is -1.30. The topological polar surface area (TPSA) is 48.0 Å². The van der Waals surface area contributed by atoms with Gasteiger partial charge in [0.2, 0.25) is 0 Å². The molecule has 1 aromatic carbocycles. The standard InChI is InChI=1S/C19H33N3O2/c1-4-10-21(11-5-2)15-17(22-12-8-20-9-13-22)16-6-7-18(23)19(14-16)24-3/h6-7,14,17,20,23H,4-5,8-13,15H2,1-3H3. The number of hydrogen-bond donors (Lipinski definition) is 2. The van der Waals surface area contributed by atoms with Gasteiger partial charge in [0, 0.05) is 38.8 Å². The zero-order chi connectivity index (χ0) is 17.4. The Kier molecular flexibility index (Phi) is 7.82. The number of piperazine rings is 1. The van der Waals surface area contributed by atoms with Gasteiger partial charge < -0.3 is 20.1 Å². The summed E-state index contributed by atoms with van der Waals surface area (Å²) in [5.41, 5.74) is 1.23. The molecule has 0 amide bonds. The molecule has 0 aromatic heterocycles. The minimum absolute atomic E-state index is 0.208. The highest BCUT2D eigenvalue weighted by molar-refractivity contribution is 5.42. The second kappa shape index (κ2) is 9.87. The number of phenols is 1. The number of methoxy groups -OCH3 is 1. The van der Waals surface area contributed by atoms with E-state index in [1.54, 1.807) is 13.2 Å². The van der Waals surface area contributed by atoms with Gasteiger partial charge in [0.15, 0.2) is 11.5 Å². The van der Waals surface area contributed by atoms with Gasteiger partial charge in [0.05, 0.1) is 7.11 Å². The fourth-order valence-electron chi connectivity index (χ4n) is 3.50. The van der Waals surface area contributed by atoms with Crippen molar-refractivity contribution < 1.29 is 9.84 Å². The van der Waals surface area contributed by atoms with Gasteiger partial charge >= 0.3 is 0 Å². The molecule has 1 fully saturated rings. The molecule has 1 heterocycles. The molecular weight excluding hydrogens is 302 g/mol. The Morgan fingerprint density at radius 2 is 1.88 bits per heavy atom. The normalized spacial score (nSPS) is 17.2. The van der Waals surface area contributed by atoms with E-state index in [4.69, 9.17) is 4.74 Å². The SMILES string of the molecule is CCCN(CCC)CC(c1ccc(O)c(OC)c1)N1CCNCC1. The second-order valence-electron chi connectivity index (χ2n) is 6.53. The molecule has 136 valence electrons. The maximum atomic E-state index is 9.92. The number of ether oxygens (including phenoxy) is 1. The van der Waals surface area contributed by atoms with Gasteiger partial charge in [-0.3, -0.25) is 4.90 Å². The average molecular weight is 335 g/mol. The van der Waals surface area contributed by atoms with Crippen LogP contribution in [0.2, 0.25) is 0 Å². The van der Waals surface area contributed by atoms with Crippen molar-refractivity contribution in [3.63, 3.8) is 0 Å². The van der Waals surface area contributed by atoms with E-state index in [1.807, 2.05) is 12.1 Å². The molecule has 1 atom stereocenters. The second-order valence-corrected chi connectivity index (χ2v) is 6.53. The van der Waals surface area contributed by atoms with E-state index in [1.165, 1.54) is 18.4 Å². The summed E-state index contributed by atoms with van der Waals surface area (Å²) in [5, 5.41) is 13.4. The summed E-state index contributed by atoms with van der Waals surface area (Å²) in [5.74, 6) is 0.768. The summed E-state index contributed by atoms with van der Waals surface area (Å²) in [6.07, 6.45) is 2.35. The van der Waals surface area contributed by atoms with Crippen LogP contribution in [0.4, 0.5) is 0 Å². The fraction of sp³-hybridized carbons (Fsp3) is 0.684. The summed E-state index contributed by atoms with van der Waals surface area (Å²) < 4.78 is 5.33. The van der Waals surface area contributed by atoms with Gasteiger partial charge in [-0.25, -0.2) is 0 Å². The lowest BCUT2D eigenvalue weighted by molar-refractivity contribution is 0.124. The average Bonchev–Trinajstić information content (AvgIpc) is 2.61. The summed E-state index contributed by atoms with van der Waals surface area (Å²) in [4.78, 5) is 5.12. The van der Waals surface area contributed by atoms with Crippen LogP contribution in [0.15, 0.2) is 18.2 Å². The molecule has 2 rings (SSSR count). The van der Waals surface area contributed by atoms with Crippen LogP contribution in [-0.4, -0.2) is 67.8 Å². The Morgan fingerprint density at radius 1 is 1.21 bits per heavy atom. The van der Waals surface area contributed by atoms with Crippen molar-refractivity contribution in [1.82, 2.24) is 15.1 Å². The molecule has 24 heavy (non-hydrogen) atoms. The lowest BCUT2D eigenvalue weighted by Gasteiger charge is -2.38. The molecule has 0 bridgehead atoms. The molecule has 1 aromatic rings. The lowest BCUT2D eigenvalue weighted by Crippen LogP contribution is -2.48. The third-order valence-corrected chi connectivity index (χ3v) is 4.69. The molecule has 0 radical (unpaired) electrons. The molecule has 1 unspecified atom stereocenters. The molecule has 1 aliphatic heterocycles. The predicted molar refractivity (Wildman–Crippen MR) is 98.9 cm³/mol. The molecule has 1 aliphatic rings. The first kappa shape index (κ1) is 19.0. The molecule has 0 spiro atoms. The lowest BCUT2D eigenvalue weighted by atomic mass is 10.0. The van der Waals surface area contributed by atoms with Crippen LogP contribution in [0.25, 0.3) is 0 Å². The van der Waals surface area contributed by atoms with Gasteiger partial charge in [0.1, 0.15) is 0 Å². The number of benzene rings is 1. The third-order valence-electron chi connectivity index (χ3n) is 4.69. The number of nitrogens with one attached hydrogen (secondary N) is 1. The van der Waals surface area contributed by atoms with Gasteiger partial charge in [-0.05, 0) is 43.6 Å².